The van der Waals surface area contributed by atoms with E-state index in [4.69, 9.17) is 0 Å². The Morgan fingerprint density at radius 1 is 1.08 bits per heavy atom. The third-order valence-corrected chi connectivity index (χ3v) is 4.09. The molecular formula is C9H20BrOP. The summed E-state index contributed by atoms with van der Waals surface area (Å²) in [5.41, 5.74) is 0. The molecule has 0 amide bonds. The van der Waals surface area contributed by atoms with Gasteiger partial charge in [-0.2, -0.15) is 0 Å². The molecular weight excluding hydrogens is 235 g/mol. The standard InChI is InChI=1S/C9H20BrOP/c1-3-4-5-6-7-8-9-12(2,10)11/h3-9H2,1-2H3. The van der Waals surface area contributed by atoms with Gasteiger partial charge < -0.3 is 4.57 Å². The summed E-state index contributed by atoms with van der Waals surface area (Å²) < 4.78 is 11.2. The summed E-state index contributed by atoms with van der Waals surface area (Å²) in [4.78, 5) is 0. The lowest BCUT2D eigenvalue weighted by Crippen LogP contribution is -1.83. The van der Waals surface area contributed by atoms with Crippen molar-refractivity contribution in [2.75, 3.05) is 12.8 Å². The van der Waals surface area contributed by atoms with Gasteiger partial charge >= 0.3 is 0 Å². The fourth-order valence-corrected chi connectivity index (χ4v) is 2.72. The van der Waals surface area contributed by atoms with E-state index in [1.54, 1.807) is 6.66 Å². The Balaban J connectivity index is 3.06. The van der Waals surface area contributed by atoms with Crippen molar-refractivity contribution in [1.29, 1.82) is 0 Å². The number of hydrogen-bond acceptors (Lipinski definition) is 1. The minimum Gasteiger partial charge on any atom is -0.312 e. The minimum absolute atomic E-state index is 0.860. The zero-order valence-electron chi connectivity index (χ0n) is 8.18. The largest absolute Gasteiger partial charge is 0.312 e. The molecule has 0 aromatic carbocycles. The van der Waals surface area contributed by atoms with Crippen LogP contribution in [0.4, 0.5) is 0 Å². The number of halogens is 1. The summed E-state index contributed by atoms with van der Waals surface area (Å²) >= 11 is 3.22. The zero-order chi connectivity index (χ0) is 9.45. The molecule has 0 aromatic heterocycles. The van der Waals surface area contributed by atoms with Crippen molar-refractivity contribution in [3.8, 4) is 0 Å². The van der Waals surface area contributed by atoms with E-state index in [1.165, 1.54) is 32.1 Å². The summed E-state index contributed by atoms with van der Waals surface area (Å²) in [5, 5.41) is 0. The lowest BCUT2D eigenvalue weighted by molar-refractivity contribution is 0.582. The molecule has 0 saturated heterocycles. The van der Waals surface area contributed by atoms with E-state index in [0.717, 1.165) is 12.6 Å². The molecule has 1 atom stereocenters. The van der Waals surface area contributed by atoms with Crippen molar-refractivity contribution in [3.63, 3.8) is 0 Å². The van der Waals surface area contributed by atoms with Gasteiger partial charge in [0.25, 0.3) is 0 Å². The van der Waals surface area contributed by atoms with E-state index in [9.17, 15) is 4.57 Å². The quantitative estimate of drug-likeness (QED) is 0.478. The average molecular weight is 255 g/mol. The molecule has 0 fully saturated rings. The average Bonchev–Trinajstić information content (AvgIpc) is 1.94. The molecule has 0 aliphatic carbocycles. The Kier molecular flexibility index (Phi) is 7.57. The van der Waals surface area contributed by atoms with Crippen LogP contribution in [0, 0.1) is 0 Å². The summed E-state index contributed by atoms with van der Waals surface area (Å²) in [5.74, 6) is -1.91. The Labute approximate surface area is 84.4 Å². The molecule has 3 heteroatoms. The van der Waals surface area contributed by atoms with Crippen molar-refractivity contribution in [2.24, 2.45) is 0 Å². The van der Waals surface area contributed by atoms with E-state index >= 15 is 0 Å². The summed E-state index contributed by atoms with van der Waals surface area (Å²) in [6.45, 7) is 4.03. The van der Waals surface area contributed by atoms with Crippen molar-refractivity contribution in [2.45, 2.75) is 45.4 Å². The second-order valence-corrected chi connectivity index (χ2v) is 10.4. The van der Waals surface area contributed by atoms with Crippen molar-refractivity contribution < 1.29 is 4.57 Å². The second kappa shape index (κ2) is 7.15. The van der Waals surface area contributed by atoms with Crippen LogP contribution in [0.25, 0.3) is 0 Å². The summed E-state index contributed by atoms with van der Waals surface area (Å²) in [7, 11) is 0. The van der Waals surface area contributed by atoms with Crippen LogP contribution in [-0.2, 0) is 4.57 Å². The summed E-state index contributed by atoms with van der Waals surface area (Å²) in [6, 6.07) is 0. The van der Waals surface area contributed by atoms with E-state index in [2.05, 4.69) is 22.4 Å². The van der Waals surface area contributed by atoms with E-state index in [-0.39, 0.29) is 0 Å². The molecule has 0 bridgehead atoms. The zero-order valence-corrected chi connectivity index (χ0v) is 10.7. The number of unbranched alkanes of at least 4 members (excludes halogenated alkanes) is 5. The van der Waals surface area contributed by atoms with Gasteiger partial charge in [-0.15, -0.1) is 0 Å². The predicted molar refractivity (Wildman–Crippen MR) is 60.7 cm³/mol. The summed E-state index contributed by atoms with van der Waals surface area (Å²) in [6.07, 6.45) is 8.50. The van der Waals surface area contributed by atoms with Gasteiger partial charge in [0.15, 0.2) is 0 Å². The molecule has 0 aliphatic heterocycles. The van der Waals surface area contributed by atoms with Crippen LogP contribution in [-0.4, -0.2) is 12.8 Å². The van der Waals surface area contributed by atoms with Gasteiger partial charge in [-0.25, -0.2) is 0 Å². The van der Waals surface area contributed by atoms with Crippen LogP contribution < -0.4 is 0 Å². The van der Waals surface area contributed by atoms with Crippen LogP contribution in [0.5, 0.6) is 0 Å². The molecule has 0 spiro atoms. The highest BCUT2D eigenvalue weighted by atomic mass is 79.9. The lowest BCUT2D eigenvalue weighted by Gasteiger charge is -2.03. The van der Waals surface area contributed by atoms with Gasteiger partial charge in [0.05, 0.1) is 0 Å². The fourth-order valence-electron chi connectivity index (χ4n) is 1.17. The van der Waals surface area contributed by atoms with Crippen LogP contribution in [0.3, 0.4) is 0 Å². The molecule has 1 unspecified atom stereocenters. The SMILES string of the molecule is CCCCCCCCP(C)(=O)Br. The highest BCUT2D eigenvalue weighted by molar-refractivity contribution is 9.40. The van der Waals surface area contributed by atoms with Gasteiger partial charge in [-0.1, -0.05) is 39.0 Å². The maximum atomic E-state index is 11.2. The molecule has 0 rings (SSSR count). The molecule has 0 aliphatic rings. The van der Waals surface area contributed by atoms with Crippen molar-refractivity contribution in [3.05, 3.63) is 0 Å². The lowest BCUT2D eigenvalue weighted by atomic mass is 10.1. The Bertz CT molecular complexity index is 141. The smallest absolute Gasteiger partial charge is 0.145 e. The first-order valence-corrected chi connectivity index (χ1v) is 9.18. The maximum Gasteiger partial charge on any atom is 0.145 e. The Morgan fingerprint density at radius 2 is 1.58 bits per heavy atom. The fraction of sp³-hybridized carbons (Fsp3) is 1.00. The van der Waals surface area contributed by atoms with Crippen LogP contribution in [0.15, 0.2) is 0 Å². The van der Waals surface area contributed by atoms with Crippen LogP contribution in [0.1, 0.15) is 45.4 Å². The Morgan fingerprint density at radius 3 is 2.08 bits per heavy atom. The Hall–Kier alpha value is 0.710. The van der Waals surface area contributed by atoms with Crippen molar-refractivity contribution >= 4 is 21.3 Å². The highest BCUT2D eigenvalue weighted by Crippen LogP contribution is 2.50. The molecule has 1 nitrogen and oxygen atoms in total. The molecule has 0 N–H and O–H groups in total. The monoisotopic (exact) mass is 254 g/mol. The molecule has 12 heavy (non-hydrogen) atoms. The molecule has 0 radical (unpaired) electrons. The topological polar surface area (TPSA) is 17.1 Å². The first-order chi connectivity index (χ1) is 5.56. The molecule has 0 heterocycles. The predicted octanol–water partition coefficient (Wildman–Crippen LogP) is 4.65. The maximum absolute atomic E-state index is 11.2. The first kappa shape index (κ1) is 12.7. The third-order valence-electron chi connectivity index (χ3n) is 1.91. The van der Waals surface area contributed by atoms with Gasteiger partial charge in [0.1, 0.15) is 5.84 Å². The van der Waals surface area contributed by atoms with Gasteiger partial charge in [0, 0.05) is 6.16 Å². The van der Waals surface area contributed by atoms with E-state index in [0.29, 0.717) is 0 Å². The number of hydrogen-bond donors (Lipinski definition) is 0. The first-order valence-electron chi connectivity index (χ1n) is 4.82. The van der Waals surface area contributed by atoms with E-state index < -0.39 is 5.84 Å². The third kappa shape index (κ3) is 10.7. The normalized spacial score (nSPS) is 15.9. The van der Waals surface area contributed by atoms with Crippen LogP contribution in [0.2, 0.25) is 0 Å². The van der Waals surface area contributed by atoms with Gasteiger partial charge in [0.2, 0.25) is 0 Å². The number of rotatable bonds is 7. The molecule has 74 valence electrons. The van der Waals surface area contributed by atoms with Gasteiger partial charge in [-0.05, 0) is 28.6 Å². The minimum atomic E-state index is -1.91. The second-order valence-electron chi connectivity index (χ2n) is 3.48. The van der Waals surface area contributed by atoms with Crippen LogP contribution >= 0.6 is 21.3 Å². The highest BCUT2D eigenvalue weighted by Gasteiger charge is 2.07. The van der Waals surface area contributed by atoms with Crippen molar-refractivity contribution in [1.82, 2.24) is 0 Å². The van der Waals surface area contributed by atoms with E-state index in [1.807, 2.05) is 0 Å². The van der Waals surface area contributed by atoms with Gasteiger partial charge in [-0.3, -0.25) is 0 Å². The molecule has 0 saturated carbocycles. The molecule has 0 aromatic rings.